The van der Waals surface area contributed by atoms with E-state index in [-0.39, 0.29) is 11.5 Å². The number of aromatic hydroxyl groups is 1. The maximum atomic E-state index is 11.8. The highest BCUT2D eigenvalue weighted by Crippen LogP contribution is 2.30. The smallest absolute Gasteiger partial charge is 0.387 e. The van der Waals surface area contributed by atoms with Crippen molar-refractivity contribution in [1.82, 2.24) is 0 Å². The second-order valence-electron chi connectivity index (χ2n) is 2.11. The molecule has 0 heterocycles. The molecule has 0 fully saturated rings. The first-order valence-electron chi connectivity index (χ1n) is 3.13. The Morgan fingerprint density at radius 2 is 1.85 bits per heavy atom. The van der Waals surface area contributed by atoms with Gasteiger partial charge in [0.2, 0.25) is 0 Å². The van der Waals surface area contributed by atoms with Crippen molar-refractivity contribution >= 4 is 45.2 Å². The molecule has 0 saturated carbocycles. The second-order valence-corrected chi connectivity index (χ2v) is 4.44. The van der Waals surface area contributed by atoms with Crippen molar-refractivity contribution in [3.05, 3.63) is 19.3 Å². The largest absolute Gasteiger partial charge is 0.507 e. The third-order valence-electron chi connectivity index (χ3n) is 1.22. The number of halogens is 4. The molecule has 0 bridgehead atoms. The Morgan fingerprint density at radius 1 is 1.23 bits per heavy atom. The zero-order valence-electron chi connectivity index (χ0n) is 6.10. The zero-order valence-corrected chi connectivity index (χ0v) is 10.4. The molecule has 0 spiro atoms. The first kappa shape index (κ1) is 11.2. The van der Waals surface area contributed by atoms with Gasteiger partial charge in [-0.25, -0.2) is 0 Å². The Bertz CT molecular complexity index is 318. The summed E-state index contributed by atoms with van der Waals surface area (Å²) >= 11 is 3.65. The lowest BCUT2D eigenvalue weighted by molar-refractivity contribution is -0.0505. The van der Waals surface area contributed by atoms with Crippen molar-refractivity contribution in [2.45, 2.75) is 6.61 Å². The minimum Gasteiger partial charge on any atom is -0.507 e. The predicted octanol–water partition coefficient (Wildman–Crippen LogP) is 3.20. The standard InChI is InChI=1S/C7H4F2I2O2/c8-7(9)13-6-2-3(10)5(12)1-4(6)11/h1-2,7,12H. The molecule has 0 radical (unpaired) electrons. The minimum absolute atomic E-state index is 0.0617. The van der Waals surface area contributed by atoms with E-state index in [4.69, 9.17) is 0 Å². The predicted molar refractivity (Wildman–Crippen MR) is 60.2 cm³/mol. The number of ether oxygens (including phenoxy) is 1. The van der Waals surface area contributed by atoms with Gasteiger partial charge in [-0.2, -0.15) is 8.78 Å². The zero-order chi connectivity index (χ0) is 10.0. The van der Waals surface area contributed by atoms with Gasteiger partial charge in [0, 0.05) is 0 Å². The van der Waals surface area contributed by atoms with Gasteiger partial charge >= 0.3 is 6.61 Å². The van der Waals surface area contributed by atoms with Crippen molar-refractivity contribution < 1.29 is 18.6 Å². The monoisotopic (exact) mass is 412 g/mol. The summed E-state index contributed by atoms with van der Waals surface area (Å²) in [7, 11) is 0. The van der Waals surface area contributed by atoms with Gasteiger partial charge < -0.3 is 9.84 Å². The second kappa shape index (κ2) is 4.58. The van der Waals surface area contributed by atoms with E-state index < -0.39 is 6.61 Å². The van der Waals surface area contributed by atoms with Gasteiger partial charge in [-0.3, -0.25) is 0 Å². The van der Waals surface area contributed by atoms with Gasteiger partial charge in [0.1, 0.15) is 11.5 Å². The molecule has 72 valence electrons. The Hall–Kier alpha value is 0.140. The molecule has 0 aliphatic rings. The van der Waals surface area contributed by atoms with E-state index in [2.05, 4.69) is 4.74 Å². The van der Waals surface area contributed by atoms with Crippen LogP contribution in [0.4, 0.5) is 8.78 Å². The van der Waals surface area contributed by atoms with Gasteiger partial charge in [0.15, 0.2) is 0 Å². The fourth-order valence-corrected chi connectivity index (χ4v) is 1.72. The Balaban J connectivity index is 3.01. The van der Waals surface area contributed by atoms with Crippen LogP contribution < -0.4 is 4.74 Å². The van der Waals surface area contributed by atoms with E-state index >= 15 is 0 Å². The van der Waals surface area contributed by atoms with Crippen LogP contribution in [0.3, 0.4) is 0 Å². The van der Waals surface area contributed by atoms with Crippen LogP contribution in [-0.4, -0.2) is 11.7 Å². The van der Waals surface area contributed by atoms with Crippen LogP contribution in [0.5, 0.6) is 11.5 Å². The van der Waals surface area contributed by atoms with E-state index in [9.17, 15) is 13.9 Å². The van der Waals surface area contributed by atoms with Gasteiger partial charge in [0.05, 0.1) is 7.14 Å². The average molecular weight is 412 g/mol. The summed E-state index contributed by atoms with van der Waals surface area (Å²) in [4.78, 5) is 0. The molecule has 0 unspecified atom stereocenters. The fraction of sp³-hybridized carbons (Fsp3) is 0.143. The molecule has 0 saturated heterocycles. The number of hydrogen-bond acceptors (Lipinski definition) is 2. The number of phenols is 1. The number of alkyl halides is 2. The van der Waals surface area contributed by atoms with Crippen LogP contribution in [0.1, 0.15) is 0 Å². The van der Waals surface area contributed by atoms with Crippen LogP contribution in [-0.2, 0) is 0 Å². The van der Waals surface area contributed by atoms with E-state index in [1.807, 2.05) is 45.2 Å². The summed E-state index contributed by atoms with van der Waals surface area (Å²) in [5.41, 5.74) is 0. The van der Waals surface area contributed by atoms with Crippen LogP contribution in [0.15, 0.2) is 12.1 Å². The molecule has 1 N–H and O–H groups in total. The molecule has 0 aliphatic heterocycles. The normalized spacial score (nSPS) is 10.5. The van der Waals surface area contributed by atoms with Crippen LogP contribution in [0, 0.1) is 7.14 Å². The highest BCUT2D eigenvalue weighted by Gasteiger charge is 2.10. The maximum absolute atomic E-state index is 11.8. The summed E-state index contributed by atoms with van der Waals surface area (Å²) in [5, 5.41) is 9.20. The lowest BCUT2D eigenvalue weighted by atomic mass is 10.3. The number of rotatable bonds is 2. The average Bonchev–Trinajstić information content (AvgIpc) is 1.99. The SMILES string of the molecule is Oc1cc(I)c(OC(F)F)cc1I. The molecule has 1 aromatic rings. The fourth-order valence-electron chi connectivity index (χ4n) is 0.704. The van der Waals surface area contributed by atoms with Crippen LogP contribution >= 0.6 is 45.2 Å². The molecule has 2 nitrogen and oxygen atoms in total. The number of benzene rings is 1. The summed E-state index contributed by atoms with van der Waals surface area (Å²) in [6.07, 6.45) is 0. The molecule has 0 atom stereocenters. The number of phenolic OH excluding ortho intramolecular Hbond substituents is 1. The third kappa shape index (κ3) is 3.08. The molecule has 1 rings (SSSR count). The molecule has 0 aliphatic carbocycles. The van der Waals surface area contributed by atoms with Gasteiger partial charge in [-0.15, -0.1) is 0 Å². The Kier molecular flexibility index (Phi) is 3.95. The third-order valence-corrected chi connectivity index (χ3v) is 2.92. The lowest BCUT2D eigenvalue weighted by Gasteiger charge is -2.07. The van der Waals surface area contributed by atoms with E-state index in [1.54, 1.807) is 0 Å². The summed E-state index contributed by atoms with van der Waals surface area (Å²) in [6, 6.07) is 2.74. The van der Waals surface area contributed by atoms with Gasteiger partial charge in [-0.1, -0.05) is 0 Å². The lowest BCUT2D eigenvalue weighted by Crippen LogP contribution is -2.03. The van der Waals surface area contributed by atoms with Crippen molar-refractivity contribution in [2.24, 2.45) is 0 Å². The van der Waals surface area contributed by atoms with Crippen LogP contribution in [0.2, 0.25) is 0 Å². The molecular formula is C7H4F2I2O2. The molecule has 13 heavy (non-hydrogen) atoms. The Labute approximate surface area is 101 Å². The van der Waals surface area contributed by atoms with Gasteiger partial charge in [-0.05, 0) is 57.3 Å². The van der Waals surface area contributed by atoms with E-state index in [1.165, 1.54) is 12.1 Å². The van der Waals surface area contributed by atoms with Crippen molar-refractivity contribution in [1.29, 1.82) is 0 Å². The van der Waals surface area contributed by atoms with Gasteiger partial charge in [0.25, 0.3) is 0 Å². The highest BCUT2D eigenvalue weighted by molar-refractivity contribution is 14.1. The summed E-state index contributed by atoms with van der Waals surface area (Å²) < 4.78 is 28.8. The van der Waals surface area contributed by atoms with E-state index in [0.717, 1.165) is 0 Å². The molecule has 0 amide bonds. The molecule has 1 aromatic carbocycles. The maximum Gasteiger partial charge on any atom is 0.387 e. The Morgan fingerprint density at radius 3 is 2.38 bits per heavy atom. The summed E-state index contributed by atoms with van der Waals surface area (Å²) in [5.74, 6) is 0.143. The first-order chi connectivity index (χ1) is 6.00. The van der Waals surface area contributed by atoms with Crippen molar-refractivity contribution in [3.8, 4) is 11.5 Å². The quantitative estimate of drug-likeness (QED) is 0.757. The topological polar surface area (TPSA) is 29.5 Å². The molecule has 6 heteroatoms. The number of hydrogen-bond donors (Lipinski definition) is 1. The van der Waals surface area contributed by atoms with E-state index in [0.29, 0.717) is 7.14 Å². The van der Waals surface area contributed by atoms with Crippen LogP contribution in [0.25, 0.3) is 0 Å². The summed E-state index contributed by atoms with van der Waals surface area (Å²) in [6.45, 7) is -2.84. The minimum atomic E-state index is -2.84. The molecular weight excluding hydrogens is 408 g/mol. The molecule has 0 aromatic heterocycles. The highest BCUT2D eigenvalue weighted by atomic mass is 127. The van der Waals surface area contributed by atoms with Crippen molar-refractivity contribution in [3.63, 3.8) is 0 Å². The van der Waals surface area contributed by atoms with Crippen molar-refractivity contribution in [2.75, 3.05) is 0 Å². The first-order valence-corrected chi connectivity index (χ1v) is 5.29.